The average Bonchev–Trinajstić information content (AvgIpc) is 2.56. The molecule has 2 nitrogen and oxygen atoms in total. The number of para-hydroxylation sites is 1. The summed E-state index contributed by atoms with van der Waals surface area (Å²) in [5.41, 5.74) is 2.53. The van der Waals surface area contributed by atoms with Crippen molar-refractivity contribution in [2.75, 3.05) is 4.90 Å². The summed E-state index contributed by atoms with van der Waals surface area (Å²) in [7, 11) is 0. The van der Waals surface area contributed by atoms with Gasteiger partial charge in [-0.2, -0.15) is 0 Å². The number of rotatable bonds is 2. The van der Waals surface area contributed by atoms with E-state index >= 15 is 0 Å². The van der Waals surface area contributed by atoms with Gasteiger partial charge in [-0.15, -0.1) is 0 Å². The predicted octanol–water partition coefficient (Wildman–Crippen LogP) is 2.42. The van der Waals surface area contributed by atoms with Gasteiger partial charge < -0.3 is 4.90 Å². The van der Waals surface area contributed by atoms with Gasteiger partial charge in [0.05, 0.1) is 6.04 Å². The first-order chi connectivity index (χ1) is 7.11. The van der Waals surface area contributed by atoms with Crippen LogP contribution in [0.4, 0.5) is 5.69 Å². The van der Waals surface area contributed by atoms with Gasteiger partial charge in [0.15, 0.2) is 5.78 Å². The molecule has 80 valence electrons. The molecule has 1 aromatic rings. The van der Waals surface area contributed by atoms with E-state index in [-0.39, 0.29) is 11.8 Å². The van der Waals surface area contributed by atoms with Crippen LogP contribution in [0.1, 0.15) is 26.3 Å². The maximum absolute atomic E-state index is 11.6. The molecule has 0 fully saturated rings. The Morgan fingerprint density at radius 3 is 2.67 bits per heavy atom. The molecule has 1 aliphatic heterocycles. The summed E-state index contributed by atoms with van der Waals surface area (Å²) >= 11 is 0. The van der Waals surface area contributed by atoms with E-state index in [1.165, 1.54) is 11.3 Å². The number of Topliss-reactive ketones (excluding diaryl/α,β-unsaturated/α-hetero) is 1. The lowest BCUT2D eigenvalue weighted by atomic mass is 10.1. The molecule has 0 aliphatic carbocycles. The van der Waals surface area contributed by atoms with Gasteiger partial charge in [-0.25, -0.2) is 0 Å². The van der Waals surface area contributed by atoms with E-state index in [4.69, 9.17) is 0 Å². The third-order valence-corrected chi connectivity index (χ3v) is 3.04. The number of fused-ring (bicyclic) bond motifs is 1. The molecule has 1 aliphatic rings. The van der Waals surface area contributed by atoms with Crippen molar-refractivity contribution in [1.82, 2.24) is 0 Å². The molecule has 0 saturated heterocycles. The van der Waals surface area contributed by atoms with Gasteiger partial charge in [0.25, 0.3) is 0 Å². The maximum Gasteiger partial charge on any atom is 0.152 e. The number of nitrogens with zero attached hydrogens (tertiary/aromatic N) is 1. The third kappa shape index (κ3) is 1.65. The zero-order chi connectivity index (χ0) is 11.0. The number of anilines is 1. The van der Waals surface area contributed by atoms with Crippen molar-refractivity contribution in [2.45, 2.75) is 39.3 Å². The van der Waals surface area contributed by atoms with Crippen LogP contribution in [0.5, 0.6) is 0 Å². The Kier molecular flexibility index (Phi) is 2.51. The van der Waals surface area contributed by atoms with Crippen LogP contribution in [-0.2, 0) is 11.2 Å². The Balaban J connectivity index is 2.42. The molecule has 15 heavy (non-hydrogen) atoms. The fourth-order valence-corrected chi connectivity index (χ4v) is 2.39. The Hall–Kier alpha value is -1.31. The Morgan fingerprint density at radius 2 is 2.07 bits per heavy atom. The second-order valence-corrected chi connectivity index (χ2v) is 4.46. The summed E-state index contributed by atoms with van der Waals surface area (Å²) in [6.45, 7) is 5.96. The standard InChI is InChI=1S/C13H17NO/c1-9(2)14-12-7-5-4-6-11(12)8-13(14)10(3)15/h4-7,9,13H,8H2,1-3H3/t13-/m0/s1. The largest absolute Gasteiger partial charge is 0.359 e. The zero-order valence-electron chi connectivity index (χ0n) is 9.53. The highest BCUT2D eigenvalue weighted by Crippen LogP contribution is 2.33. The number of ketones is 1. The van der Waals surface area contributed by atoms with Crippen LogP contribution < -0.4 is 4.90 Å². The van der Waals surface area contributed by atoms with Gasteiger partial charge in [0.2, 0.25) is 0 Å². The fraction of sp³-hybridized carbons (Fsp3) is 0.462. The van der Waals surface area contributed by atoms with Crippen LogP contribution in [0.2, 0.25) is 0 Å². The molecule has 0 N–H and O–H groups in total. The van der Waals surface area contributed by atoms with Gasteiger partial charge in [0.1, 0.15) is 0 Å². The number of hydrogen-bond donors (Lipinski definition) is 0. The molecular formula is C13H17NO. The summed E-state index contributed by atoms with van der Waals surface area (Å²) in [5.74, 6) is 0.264. The van der Waals surface area contributed by atoms with E-state index in [1.807, 2.05) is 12.1 Å². The summed E-state index contributed by atoms with van der Waals surface area (Å²) in [4.78, 5) is 13.8. The van der Waals surface area contributed by atoms with Crippen LogP contribution in [0, 0.1) is 0 Å². The topological polar surface area (TPSA) is 20.3 Å². The number of benzene rings is 1. The van der Waals surface area contributed by atoms with Crippen LogP contribution in [-0.4, -0.2) is 17.9 Å². The van der Waals surface area contributed by atoms with Crippen LogP contribution in [0.25, 0.3) is 0 Å². The summed E-state index contributed by atoms with van der Waals surface area (Å²) in [6, 6.07) is 8.73. The molecule has 2 rings (SSSR count). The third-order valence-electron chi connectivity index (χ3n) is 3.04. The minimum atomic E-state index is 0.0439. The van der Waals surface area contributed by atoms with Crippen molar-refractivity contribution >= 4 is 11.5 Å². The van der Waals surface area contributed by atoms with Crippen molar-refractivity contribution in [3.8, 4) is 0 Å². The summed E-state index contributed by atoms with van der Waals surface area (Å²) in [6.07, 6.45) is 0.865. The average molecular weight is 203 g/mol. The van der Waals surface area contributed by atoms with Crippen LogP contribution in [0.3, 0.4) is 0 Å². The highest BCUT2D eigenvalue weighted by Gasteiger charge is 2.33. The fourth-order valence-electron chi connectivity index (χ4n) is 2.39. The van der Waals surface area contributed by atoms with E-state index in [0.717, 1.165) is 6.42 Å². The first kappa shape index (κ1) is 10.2. The molecule has 0 aromatic heterocycles. The van der Waals surface area contributed by atoms with Gasteiger partial charge in [0, 0.05) is 18.2 Å². The number of hydrogen-bond acceptors (Lipinski definition) is 2. The second-order valence-electron chi connectivity index (χ2n) is 4.46. The molecule has 2 heteroatoms. The molecule has 1 atom stereocenters. The van der Waals surface area contributed by atoms with Crippen molar-refractivity contribution in [3.63, 3.8) is 0 Å². The molecule has 0 spiro atoms. The van der Waals surface area contributed by atoms with E-state index < -0.39 is 0 Å². The van der Waals surface area contributed by atoms with Crippen molar-refractivity contribution in [3.05, 3.63) is 29.8 Å². The lowest BCUT2D eigenvalue weighted by Crippen LogP contribution is -2.42. The number of carbonyl (C=O) groups excluding carboxylic acids is 1. The summed E-state index contributed by atoms with van der Waals surface area (Å²) in [5, 5.41) is 0. The second kappa shape index (κ2) is 3.69. The Bertz CT molecular complexity index is 384. The van der Waals surface area contributed by atoms with Gasteiger partial charge >= 0.3 is 0 Å². The lowest BCUT2D eigenvalue weighted by Gasteiger charge is -2.29. The predicted molar refractivity (Wildman–Crippen MR) is 62.2 cm³/mol. The molecule has 0 amide bonds. The van der Waals surface area contributed by atoms with Crippen molar-refractivity contribution in [2.24, 2.45) is 0 Å². The van der Waals surface area contributed by atoms with E-state index in [9.17, 15) is 4.79 Å². The van der Waals surface area contributed by atoms with Gasteiger partial charge in [-0.1, -0.05) is 18.2 Å². The highest BCUT2D eigenvalue weighted by molar-refractivity contribution is 5.88. The van der Waals surface area contributed by atoms with Crippen LogP contribution in [0.15, 0.2) is 24.3 Å². The van der Waals surface area contributed by atoms with Crippen molar-refractivity contribution < 1.29 is 4.79 Å². The molecule has 1 aromatic carbocycles. The van der Waals surface area contributed by atoms with Gasteiger partial charge in [-0.05, 0) is 32.4 Å². The lowest BCUT2D eigenvalue weighted by molar-refractivity contribution is -0.118. The number of carbonyl (C=O) groups is 1. The Morgan fingerprint density at radius 1 is 1.40 bits per heavy atom. The SMILES string of the molecule is CC(=O)[C@@H]1Cc2ccccc2N1C(C)C. The van der Waals surface area contributed by atoms with Crippen molar-refractivity contribution in [1.29, 1.82) is 0 Å². The minimum absolute atomic E-state index is 0.0439. The summed E-state index contributed by atoms with van der Waals surface area (Å²) < 4.78 is 0. The molecule has 1 heterocycles. The molecule has 0 unspecified atom stereocenters. The zero-order valence-corrected chi connectivity index (χ0v) is 9.53. The molecule has 0 bridgehead atoms. The van der Waals surface area contributed by atoms with Crippen LogP contribution >= 0.6 is 0 Å². The van der Waals surface area contributed by atoms with E-state index in [1.54, 1.807) is 6.92 Å². The highest BCUT2D eigenvalue weighted by atomic mass is 16.1. The monoisotopic (exact) mass is 203 g/mol. The minimum Gasteiger partial charge on any atom is -0.359 e. The van der Waals surface area contributed by atoms with E-state index in [0.29, 0.717) is 6.04 Å². The van der Waals surface area contributed by atoms with E-state index in [2.05, 4.69) is 30.9 Å². The quantitative estimate of drug-likeness (QED) is 0.735. The molecular weight excluding hydrogens is 186 g/mol. The smallest absolute Gasteiger partial charge is 0.152 e. The maximum atomic E-state index is 11.6. The molecule has 0 radical (unpaired) electrons. The first-order valence-corrected chi connectivity index (χ1v) is 5.48. The normalized spacial score (nSPS) is 19.5. The van der Waals surface area contributed by atoms with Gasteiger partial charge in [-0.3, -0.25) is 4.79 Å². The Labute approximate surface area is 90.9 Å². The first-order valence-electron chi connectivity index (χ1n) is 5.48. The molecule has 0 saturated carbocycles.